The molecule has 0 amide bonds. The van der Waals surface area contributed by atoms with E-state index in [-0.39, 0.29) is 0 Å². The molecule has 1 heterocycles. The van der Waals surface area contributed by atoms with Crippen LogP contribution in [0.2, 0.25) is 0 Å². The topological polar surface area (TPSA) is 53.4 Å². The molecule has 0 aromatic carbocycles. The van der Waals surface area contributed by atoms with Gasteiger partial charge in [-0.2, -0.15) is 0 Å². The number of aliphatic hydroxyl groups excluding tert-OH is 1. The van der Waals surface area contributed by atoms with E-state index in [9.17, 15) is 10.2 Å². The molecule has 4 heteroatoms. The molecule has 0 saturated heterocycles. The van der Waals surface area contributed by atoms with E-state index >= 15 is 0 Å². The normalized spacial score (nSPS) is 22.5. The highest BCUT2D eigenvalue weighted by Gasteiger charge is 2.36. The van der Waals surface area contributed by atoms with Crippen molar-refractivity contribution in [3.05, 3.63) is 16.6 Å². The largest absolute Gasteiger partial charge is 0.390 e. The maximum absolute atomic E-state index is 10.3. The summed E-state index contributed by atoms with van der Waals surface area (Å²) in [7, 11) is 0. The SMILES string of the molecule is OC(Cc1nccs1)C1(O)CCCCC1. The van der Waals surface area contributed by atoms with Crippen molar-refractivity contribution in [1.82, 2.24) is 4.98 Å². The third kappa shape index (κ3) is 2.56. The molecule has 1 aliphatic rings. The number of hydrogen-bond donors (Lipinski definition) is 2. The van der Waals surface area contributed by atoms with Gasteiger partial charge in [-0.25, -0.2) is 4.98 Å². The van der Waals surface area contributed by atoms with Gasteiger partial charge in [0, 0.05) is 18.0 Å². The molecule has 1 unspecified atom stereocenters. The number of hydrogen-bond acceptors (Lipinski definition) is 4. The van der Waals surface area contributed by atoms with Gasteiger partial charge < -0.3 is 10.2 Å². The Balaban J connectivity index is 1.97. The lowest BCUT2D eigenvalue weighted by atomic mass is 9.80. The maximum Gasteiger partial charge on any atom is 0.0951 e. The molecule has 1 aromatic rings. The van der Waals surface area contributed by atoms with Crippen LogP contribution in [0, 0.1) is 0 Å². The first-order valence-corrected chi connectivity index (χ1v) is 6.37. The Morgan fingerprint density at radius 2 is 2.13 bits per heavy atom. The van der Waals surface area contributed by atoms with Crippen molar-refractivity contribution in [1.29, 1.82) is 0 Å². The monoisotopic (exact) mass is 227 g/mol. The summed E-state index contributed by atoms with van der Waals surface area (Å²) in [5, 5.41) is 23.1. The minimum Gasteiger partial charge on any atom is -0.390 e. The third-order valence-electron chi connectivity index (χ3n) is 3.19. The molecule has 3 nitrogen and oxygen atoms in total. The lowest BCUT2D eigenvalue weighted by Crippen LogP contribution is -2.45. The van der Waals surface area contributed by atoms with Crippen molar-refractivity contribution in [2.75, 3.05) is 0 Å². The van der Waals surface area contributed by atoms with E-state index in [4.69, 9.17) is 0 Å². The first kappa shape index (κ1) is 11.0. The summed E-state index contributed by atoms with van der Waals surface area (Å²) in [4.78, 5) is 4.13. The predicted octanol–water partition coefficient (Wildman–Crippen LogP) is 1.74. The van der Waals surface area contributed by atoms with Crippen molar-refractivity contribution < 1.29 is 10.2 Å². The average Bonchev–Trinajstić information content (AvgIpc) is 2.71. The highest BCUT2D eigenvalue weighted by Crippen LogP contribution is 2.32. The molecule has 1 fully saturated rings. The minimum absolute atomic E-state index is 0.480. The highest BCUT2D eigenvalue weighted by atomic mass is 32.1. The van der Waals surface area contributed by atoms with Crippen LogP contribution in [-0.4, -0.2) is 26.9 Å². The fourth-order valence-corrected chi connectivity index (χ4v) is 2.86. The smallest absolute Gasteiger partial charge is 0.0951 e. The minimum atomic E-state index is -0.871. The predicted molar refractivity (Wildman–Crippen MR) is 59.9 cm³/mol. The second kappa shape index (κ2) is 4.60. The molecule has 0 bridgehead atoms. The van der Waals surface area contributed by atoms with Crippen LogP contribution in [0.5, 0.6) is 0 Å². The van der Waals surface area contributed by atoms with Gasteiger partial charge in [0.25, 0.3) is 0 Å². The molecule has 1 aliphatic carbocycles. The molecular weight excluding hydrogens is 210 g/mol. The van der Waals surface area contributed by atoms with Crippen LogP contribution in [-0.2, 0) is 6.42 Å². The summed E-state index contributed by atoms with van der Waals surface area (Å²) in [6, 6.07) is 0. The van der Waals surface area contributed by atoms with Crippen LogP contribution < -0.4 is 0 Å². The van der Waals surface area contributed by atoms with Gasteiger partial charge in [-0.05, 0) is 12.8 Å². The van der Waals surface area contributed by atoms with E-state index in [0.717, 1.165) is 30.7 Å². The van der Waals surface area contributed by atoms with Gasteiger partial charge in [-0.1, -0.05) is 19.3 Å². The summed E-state index contributed by atoms with van der Waals surface area (Å²) in [5.41, 5.74) is -0.871. The fourth-order valence-electron chi connectivity index (χ4n) is 2.21. The third-order valence-corrected chi connectivity index (χ3v) is 3.99. The van der Waals surface area contributed by atoms with Crippen LogP contribution in [0.25, 0.3) is 0 Å². The second-order valence-corrected chi connectivity index (χ2v) is 5.29. The Kier molecular flexibility index (Phi) is 3.38. The zero-order valence-electron chi connectivity index (χ0n) is 8.72. The van der Waals surface area contributed by atoms with Gasteiger partial charge >= 0.3 is 0 Å². The molecule has 2 rings (SSSR count). The number of thiazole rings is 1. The van der Waals surface area contributed by atoms with Crippen molar-refractivity contribution in [2.24, 2.45) is 0 Å². The van der Waals surface area contributed by atoms with Crippen molar-refractivity contribution in [3.63, 3.8) is 0 Å². The lowest BCUT2D eigenvalue weighted by Gasteiger charge is -2.36. The first-order valence-electron chi connectivity index (χ1n) is 5.49. The van der Waals surface area contributed by atoms with Crippen molar-refractivity contribution in [2.45, 2.75) is 50.2 Å². The Morgan fingerprint density at radius 1 is 1.40 bits per heavy atom. The number of rotatable bonds is 3. The van der Waals surface area contributed by atoms with Gasteiger partial charge in [0.15, 0.2) is 0 Å². The fraction of sp³-hybridized carbons (Fsp3) is 0.727. The molecular formula is C11H17NO2S. The molecule has 1 aromatic heterocycles. The van der Waals surface area contributed by atoms with Crippen LogP contribution in [0.3, 0.4) is 0 Å². The standard InChI is InChI=1S/C11H17NO2S/c13-9(8-10-12-6-7-15-10)11(14)4-2-1-3-5-11/h6-7,9,13-14H,1-5,8H2. The van der Waals surface area contributed by atoms with Crippen LogP contribution in [0.1, 0.15) is 37.1 Å². The van der Waals surface area contributed by atoms with Crippen LogP contribution >= 0.6 is 11.3 Å². The maximum atomic E-state index is 10.3. The van der Waals surface area contributed by atoms with Crippen LogP contribution in [0.4, 0.5) is 0 Å². The first-order chi connectivity index (χ1) is 7.21. The molecule has 1 atom stereocenters. The van der Waals surface area contributed by atoms with E-state index in [0.29, 0.717) is 6.42 Å². The van der Waals surface area contributed by atoms with Crippen LogP contribution in [0.15, 0.2) is 11.6 Å². The Bertz CT molecular complexity index is 294. The summed E-state index contributed by atoms with van der Waals surface area (Å²) >= 11 is 1.53. The van der Waals surface area contributed by atoms with E-state index in [2.05, 4.69) is 4.98 Å². The molecule has 2 N–H and O–H groups in total. The van der Waals surface area contributed by atoms with E-state index < -0.39 is 11.7 Å². The Morgan fingerprint density at radius 3 is 2.73 bits per heavy atom. The summed E-state index contributed by atoms with van der Waals surface area (Å²) in [5.74, 6) is 0. The van der Waals surface area contributed by atoms with Gasteiger partial charge in [0.1, 0.15) is 0 Å². The van der Waals surface area contributed by atoms with Crippen molar-refractivity contribution in [3.8, 4) is 0 Å². The molecule has 1 saturated carbocycles. The number of aromatic nitrogens is 1. The Labute approximate surface area is 93.8 Å². The van der Waals surface area contributed by atoms with E-state index in [1.54, 1.807) is 6.20 Å². The summed E-state index contributed by atoms with van der Waals surface area (Å²) in [6.45, 7) is 0. The number of aliphatic hydroxyl groups is 2. The molecule has 0 radical (unpaired) electrons. The zero-order chi connectivity index (χ0) is 10.7. The average molecular weight is 227 g/mol. The van der Waals surface area contributed by atoms with Gasteiger partial charge in [-0.3, -0.25) is 0 Å². The van der Waals surface area contributed by atoms with Crippen molar-refractivity contribution >= 4 is 11.3 Å². The molecule has 0 aliphatic heterocycles. The van der Waals surface area contributed by atoms with Gasteiger partial charge in [-0.15, -0.1) is 11.3 Å². The molecule has 84 valence electrons. The zero-order valence-corrected chi connectivity index (χ0v) is 9.54. The second-order valence-electron chi connectivity index (χ2n) is 4.31. The lowest BCUT2D eigenvalue weighted by molar-refractivity contribution is -0.0960. The summed E-state index contributed by atoms with van der Waals surface area (Å²) in [6.07, 6.45) is 6.21. The molecule has 0 spiro atoms. The van der Waals surface area contributed by atoms with E-state index in [1.165, 1.54) is 17.8 Å². The highest BCUT2D eigenvalue weighted by molar-refractivity contribution is 7.09. The molecule has 15 heavy (non-hydrogen) atoms. The number of nitrogens with zero attached hydrogens (tertiary/aromatic N) is 1. The Hall–Kier alpha value is -0.450. The van der Waals surface area contributed by atoms with E-state index in [1.807, 2.05) is 5.38 Å². The van der Waals surface area contributed by atoms with Gasteiger partial charge in [0.2, 0.25) is 0 Å². The summed E-state index contributed by atoms with van der Waals surface area (Å²) < 4.78 is 0. The quantitative estimate of drug-likeness (QED) is 0.827. The van der Waals surface area contributed by atoms with Gasteiger partial charge in [0.05, 0.1) is 16.7 Å².